The molecule has 1 aromatic heterocycles. The Kier molecular flexibility index (Phi) is 5.15. The standard InChI is InChI=1S/C15H19ClFN3/c1-3-6-19-14(15-9-18-10-20(15)2)7-11-4-5-12(16)8-13(11)17/h4-5,8-10,14,19H,3,6-7H2,1-2H3. The maximum atomic E-state index is 13.9. The van der Waals surface area contributed by atoms with Crippen molar-refractivity contribution in [1.82, 2.24) is 14.9 Å². The van der Waals surface area contributed by atoms with Crippen LogP contribution in [-0.4, -0.2) is 16.1 Å². The number of nitrogens with one attached hydrogen (secondary N) is 1. The summed E-state index contributed by atoms with van der Waals surface area (Å²) in [6, 6.07) is 4.87. The van der Waals surface area contributed by atoms with Crippen molar-refractivity contribution < 1.29 is 4.39 Å². The average Bonchev–Trinajstić information content (AvgIpc) is 2.83. The molecule has 0 saturated heterocycles. The molecule has 2 rings (SSSR count). The van der Waals surface area contributed by atoms with Gasteiger partial charge in [0.15, 0.2) is 0 Å². The minimum atomic E-state index is -0.261. The van der Waals surface area contributed by atoms with E-state index in [9.17, 15) is 4.39 Å². The summed E-state index contributed by atoms with van der Waals surface area (Å²) >= 11 is 5.79. The smallest absolute Gasteiger partial charge is 0.127 e. The van der Waals surface area contributed by atoms with E-state index in [2.05, 4.69) is 17.2 Å². The Morgan fingerprint density at radius 1 is 1.45 bits per heavy atom. The normalized spacial score (nSPS) is 12.6. The maximum Gasteiger partial charge on any atom is 0.127 e. The molecule has 0 aliphatic rings. The van der Waals surface area contributed by atoms with Crippen molar-refractivity contribution in [2.45, 2.75) is 25.8 Å². The van der Waals surface area contributed by atoms with E-state index in [0.29, 0.717) is 17.0 Å². The summed E-state index contributed by atoms with van der Waals surface area (Å²) in [7, 11) is 1.95. The number of aromatic nitrogens is 2. The van der Waals surface area contributed by atoms with Gasteiger partial charge in [-0.25, -0.2) is 9.37 Å². The Hall–Kier alpha value is -1.39. The highest BCUT2D eigenvalue weighted by Gasteiger charge is 2.16. The van der Waals surface area contributed by atoms with Crippen LogP contribution in [0.3, 0.4) is 0 Å². The van der Waals surface area contributed by atoms with Crippen LogP contribution in [0.1, 0.15) is 30.6 Å². The Morgan fingerprint density at radius 3 is 2.85 bits per heavy atom. The molecule has 1 unspecified atom stereocenters. The van der Waals surface area contributed by atoms with Crippen molar-refractivity contribution in [3.05, 3.63) is 52.8 Å². The lowest BCUT2D eigenvalue weighted by atomic mass is 10.0. The molecule has 20 heavy (non-hydrogen) atoms. The minimum absolute atomic E-state index is 0.0399. The fraction of sp³-hybridized carbons (Fsp3) is 0.400. The number of rotatable bonds is 6. The molecule has 0 amide bonds. The molecular formula is C15H19ClFN3. The fourth-order valence-corrected chi connectivity index (χ4v) is 2.37. The van der Waals surface area contributed by atoms with Crippen molar-refractivity contribution in [1.29, 1.82) is 0 Å². The summed E-state index contributed by atoms with van der Waals surface area (Å²) in [6.45, 7) is 2.99. The molecule has 5 heteroatoms. The summed E-state index contributed by atoms with van der Waals surface area (Å²) in [4.78, 5) is 4.14. The number of benzene rings is 1. The second kappa shape index (κ2) is 6.86. The molecule has 1 N–H and O–H groups in total. The largest absolute Gasteiger partial charge is 0.336 e. The lowest BCUT2D eigenvalue weighted by Gasteiger charge is -2.19. The monoisotopic (exact) mass is 295 g/mol. The summed E-state index contributed by atoms with van der Waals surface area (Å²) < 4.78 is 15.9. The number of imidazole rings is 1. The minimum Gasteiger partial charge on any atom is -0.336 e. The van der Waals surface area contributed by atoms with Crippen molar-refractivity contribution in [2.75, 3.05) is 6.54 Å². The number of nitrogens with zero attached hydrogens (tertiary/aromatic N) is 2. The van der Waals surface area contributed by atoms with Gasteiger partial charge in [-0.05, 0) is 37.1 Å². The molecule has 0 bridgehead atoms. The van der Waals surface area contributed by atoms with Crippen LogP contribution < -0.4 is 5.32 Å². The second-order valence-corrected chi connectivity index (χ2v) is 5.31. The molecule has 3 nitrogen and oxygen atoms in total. The molecule has 0 saturated carbocycles. The summed E-state index contributed by atoms with van der Waals surface area (Å²) in [5.41, 5.74) is 1.71. The Morgan fingerprint density at radius 2 is 2.25 bits per heavy atom. The van der Waals surface area contributed by atoms with E-state index < -0.39 is 0 Å². The zero-order valence-electron chi connectivity index (χ0n) is 11.7. The van der Waals surface area contributed by atoms with Gasteiger partial charge >= 0.3 is 0 Å². The molecule has 0 radical (unpaired) electrons. The fourth-order valence-electron chi connectivity index (χ4n) is 2.21. The highest BCUT2D eigenvalue weighted by atomic mass is 35.5. The lowest BCUT2D eigenvalue weighted by molar-refractivity contribution is 0.492. The Bertz CT molecular complexity index is 568. The molecule has 2 aromatic rings. The van der Waals surface area contributed by atoms with Crippen molar-refractivity contribution >= 4 is 11.6 Å². The third-order valence-corrected chi connectivity index (χ3v) is 3.53. The van der Waals surface area contributed by atoms with Crippen LogP contribution in [0.25, 0.3) is 0 Å². The van der Waals surface area contributed by atoms with Gasteiger partial charge in [-0.2, -0.15) is 0 Å². The van der Waals surface area contributed by atoms with E-state index in [-0.39, 0.29) is 11.9 Å². The van der Waals surface area contributed by atoms with Crippen LogP contribution in [0.15, 0.2) is 30.7 Å². The summed E-state index contributed by atoms with van der Waals surface area (Å²) in [5.74, 6) is -0.261. The van der Waals surface area contributed by atoms with Gasteiger partial charge in [-0.1, -0.05) is 24.6 Å². The zero-order chi connectivity index (χ0) is 14.5. The van der Waals surface area contributed by atoms with E-state index in [1.165, 1.54) is 6.07 Å². The van der Waals surface area contributed by atoms with Crippen LogP contribution in [0.5, 0.6) is 0 Å². The van der Waals surface area contributed by atoms with Crippen molar-refractivity contribution in [3.63, 3.8) is 0 Å². The topological polar surface area (TPSA) is 29.9 Å². The van der Waals surface area contributed by atoms with E-state index in [1.807, 2.05) is 17.8 Å². The lowest BCUT2D eigenvalue weighted by Crippen LogP contribution is -2.26. The SMILES string of the molecule is CCCNC(Cc1ccc(Cl)cc1F)c1cncn1C. The first kappa shape index (κ1) is 15.0. The van der Waals surface area contributed by atoms with Crippen LogP contribution in [0.2, 0.25) is 5.02 Å². The van der Waals surface area contributed by atoms with E-state index in [4.69, 9.17) is 11.6 Å². The Labute approximate surface area is 123 Å². The van der Waals surface area contributed by atoms with Gasteiger partial charge < -0.3 is 9.88 Å². The van der Waals surface area contributed by atoms with Crippen LogP contribution in [0, 0.1) is 5.82 Å². The van der Waals surface area contributed by atoms with Gasteiger partial charge in [0.2, 0.25) is 0 Å². The zero-order valence-corrected chi connectivity index (χ0v) is 12.5. The third kappa shape index (κ3) is 3.58. The number of hydrogen-bond acceptors (Lipinski definition) is 2. The summed E-state index contributed by atoms with van der Waals surface area (Å²) in [6.07, 6.45) is 5.18. The molecule has 1 aromatic carbocycles. The quantitative estimate of drug-likeness (QED) is 0.884. The van der Waals surface area contributed by atoms with Crippen LogP contribution in [0.4, 0.5) is 4.39 Å². The number of halogens is 2. The third-order valence-electron chi connectivity index (χ3n) is 3.29. The average molecular weight is 296 g/mol. The first-order chi connectivity index (χ1) is 9.61. The summed E-state index contributed by atoms with van der Waals surface area (Å²) in [5, 5.41) is 3.86. The molecule has 0 aliphatic carbocycles. The highest BCUT2D eigenvalue weighted by Crippen LogP contribution is 2.22. The Balaban J connectivity index is 2.21. The van der Waals surface area contributed by atoms with Gasteiger partial charge in [0.1, 0.15) is 5.82 Å². The molecule has 0 fully saturated rings. The molecule has 1 heterocycles. The van der Waals surface area contributed by atoms with Crippen LogP contribution in [-0.2, 0) is 13.5 Å². The predicted octanol–water partition coefficient (Wildman–Crippen LogP) is 3.50. The molecule has 0 aliphatic heterocycles. The van der Waals surface area contributed by atoms with Crippen molar-refractivity contribution in [3.8, 4) is 0 Å². The number of aryl methyl sites for hydroxylation is 1. The van der Waals surface area contributed by atoms with Gasteiger partial charge in [-0.3, -0.25) is 0 Å². The van der Waals surface area contributed by atoms with Gasteiger partial charge in [0, 0.05) is 18.3 Å². The van der Waals surface area contributed by atoms with Gasteiger partial charge in [0.25, 0.3) is 0 Å². The van der Waals surface area contributed by atoms with Crippen LogP contribution >= 0.6 is 11.6 Å². The molecule has 108 valence electrons. The van der Waals surface area contributed by atoms with Gasteiger partial charge in [0.05, 0.1) is 18.1 Å². The van der Waals surface area contributed by atoms with E-state index >= 15 is 0 Å². The second-order valence-electron chi connectivity index (χ2n) is 4.88. The van der Waals surface area contributed by atoms with E-state index in [1.54, 1.807) is 18.5 Å². The molecule has 1 atom stereocenters. The predicted molar refractivity (Wildman–Crippen MR) is 79.4 cm³/mol. The van der Waals surface area contributed by atoms with Crippen molar-refractivity contribution in [2.24, 2.45) is 7.05 Å². The molecule has 0 spiro atoms. The first-order valence-corrected chi connectivity index (χ1v) is 7.13. The molecular weight excluding hydrogens is 277 g/mol. The highest BCUT2D eigenvalue weighted by molar-refractivity contribution is 6.30. The maximum absolute atomic E-state index is 13.9. The first-order valence-electron chi connectivity index (χ1n) is 6.75. The van der Waals surface area contributed by atoms with E-state index in [0.717, 1.165) is 18.7 Å². The number of hydrogen-bond donors (Lipinski definition) is 1. The van der Waals surface area contributed by atoms with Gasteiger partial charge in [-0.15, -0.1) is 0 Å².